The van der Waals surface area contributed by atoms with E-state index in [4.69, 9.17) is 0 Å². The molecule has 0 aliphatic heterocycles. The van der Waals surface area contributed by atoms with Gasteiger partial charge in [-0.1, -0.05) is 0 Å². The number of halogens is 5. The van der Waals surface area contributed by atoms with Crippen LogP contribution in [0.3, 0.4) is 0 Å². The molecule has 72 valence electrons. The number of hydrogen-bond donors (Lipinski definition) is 0. The van der Waals surface area contributed by atoms with Crippen molar-refractivity contribution < 1.29 is 17.6 Å². The van der Waals surface area contributed by atoms with Gasteiger partial charge in [-0.05, 0) is 47.2 Å². The zero-order valence-electron chi connectivity index (χ0n) is 6.54. The Balaban J connectivity index is 3.29. The summed E-state index contributed by atoms with van der Waals surface area (Å²) in [5, 5.41) is 0. The molecule has 0 nitrogen and oxygen atoms in total. The van der Waals surface area contributed by atoms with Crippen LogP contribution in [0.5, 0.6) is 0 Å². The summed E-state index contributed by atoms with van der Waals surface area (Å²) in [6.07, 6.45) is -4.40. The van der Waals surface area contributed by atoms with E-state index in [1.165, 1.54) is 6.92 Å². The van der Waals surface area contributed by atoms with E-state index in [2.05, 4.69) is 0 Å². The van der Waals surface area contributed by atoms with Crippen molar-refractivity contribution in [2.75, 3.05) is 0 Å². The summed E-state index contributed by atoms with van der Waals surface area (Å²) in [7, 11) is 0. The molecule has 0 N–H and O–H groups in total. The quantitative estimate of drug-likeness (QED) is 0.506. The monoisotopic (exact) mass is 304 g/mol. The molecule has 0 aliphatic carbocycles. The van der Waals surface area contributed by atoms with Crippen LogP contribution in [-0.2, 0) is 6.18 Å². The van der Waals surface area contributed by atoms with Gasteiger partial charge in [0, 0.05) is 3.57 Å². The minimum atomic E-state index is -4.40. The van der Waals surface area contributed by atoms with Gasteiger partial charge >= 0.3 is 6.18 Å². The maximum Gasteiger partial charge on any atom is 0.416 e. The molecule has 0 radical (unpaired) electrons. The zero-order valence-corrected chi connectivity index (χ0v) is 8.70. The van der Waals surface area contributed by atoms with Crippen LogP contribution in [-0.4, -0.2) is 0 Å². The number of hydrogen-bond acceptors (Lipinski definition) is 0. The van der Waals surface area contributed by atoms with Crippen LogP contribution in [0.2, 0.25) is 0 Å². The molecular formula is C8H5F4I. The fraction of sp³-hybridized carbons (Fsp3) is 0.250. The largest absolute Gasteiger partial charge is 0.416 e. The van der Waals surface area contributed by atoms with Crippen molar-refractivity contribution in [1.29, 1.82) is 0 Å². The van der Waals surface area contributed by atoms with Crippen molar-refractivity contribution in [3.8, 4) is 0 Å². The fourth-order valence-corrected chi connectivity index (χ4v) is 1.65. The molecule has 1 aromatic carbocycles. The van der Waals surface area contributed by atoms with Gasteiger partial charge in [0.05, 0.1) is 5.56 Å². The molecule has 0 heterocycles. The van der Waals surface area contributed by atoms with Gasteiger partial charge in [0.2, 0.25) is 0 Å². The van der Waals surface area contributed by atoms with E-state index in [1.54, 1.807) is 22.6 Å². The molecule has 0 atom stereocenters. The lowest BCUT2D eigenvalue weighted by atomic mass is 10.1. The highest BCUT2D eigenvalue weighted by atomic mass is 127. The molecule has 5 heteroatoms. The summed E-state index contributed by atoms with van der Waals surface area (Å²) in [5.74, 6) is -0.589. The molecule has 0 saturated heterocycles. The predicted molar refractivity (Wildman–Crippen MR) is 48.9 cm³/mol. The average Bonchev–Trinajstić information content (AvgIpc) is 1.97. The maximum atomic E-state index is 12.9. The fourth-order valence-electron chi connectivity index (χ4n) is 0.890. The molecule has 0 aromatic heterocycles. The molecule has 0 saturated carbocycles. The Labute approximate surface area is 86.1 Å². The van der Waals surface area contributed by atoms with Crippen molar-refractivity contribution >= 4 is 22.6 Å². The number of benzene rings is 1. The van der Waals surface area contributed by atoms with E-state index in [0.29, 0.717) is 0 Å². The summed E-state index contributed by atoms with van der Waals surface area (Å²) >= 11 is 1.54. The second-order valence-electron chi connectivity index (χ2n) is 2.59. The Hall–Kier alpha value is -0.330. The Kier molecular flexibility index (Phi) is 2.84. The molecule has 0 bridgehead atoms. The van der Waals surface area contributed by atoms with E-state index < -0.39 is 17.6 Å². The van der Waals surface area contributed by atoms with Gasteiger partial charge in [0.15, 0.2) is 0 Å². The first-order valence-electron chi connectivity index (χ1n) is 3.35. The Bertz CT molecular complexity index is 306. The lowest BCUT2D eigenvalue weighted by Crippen LogP contribution is -2.06. The summed E-state index contributed by atoms with van der Waals surface area (Å²) in [6, 6.07) is 1.60. The first kappa shape index (κ1) is 10.7. The Morgan fingerprint density at radius 2 is 1.77 bits per heavy atom. The molecule has 1 aromatic rings. The van der Waals surface area contributed by atoms with E-state index in [9.17, 15) is 17.6 Å². The van der Waals surface area contributed by atoms with Gasteiger partial charge in [0.1, 0.15) is 5.82 Å². The second kappa shape index (κ2) is 3.43. The summed E-state index contributed by atoms with van der Waals surface area (Å²) < 4.78 is 49.4. The van der Waals surface area contributed by atoms with Gasteiger partial charge in [-0.2, -0.15) is 13.2 Å². The maximum absolute atomic E-state index is 12.9. The average molecular weight is 304 g/mol. The summed E-state index contributed by atoms with van der Waals surface area (Å²) in [5.41, 5.74) is -0.796. The molecule has 0 unspecified atom stereocenters. The van der Waals surface area contributed by atoms with Crippen LogP contribution in [0, 0.1) is 16.3 Å². The summed E-state index contributed by atoms with van der Waals surface area (Å²) in [6.45, 7) is 1.31. The highest BCUT2D eigenvalue weighted by Gasteiger charge is 2.31. The van der Waals surface area contributed by atoms with Crippen LogP contribution in [0.1, 0.15) is 11.1 Å². The van der Waals surface area contributed by atoms with Gasteiger partial charge < -0.3 is 0 Å². The van der Waals surface area contributed by atoms with Gasteiger partial charge in [0.25, 0.3) is 0 Å². The molecule has 0 amide bonds. The number of aryl methyl sites for hydroxylation is 1. The van der Waals surface area contributed by atoms with Crippen molar-refractivity contribution in [2.45, 2.75) is 13.1 Å². The van der Waals surface area contributed by atoms with Gasteiger partial charge in [-0.15, -0.1) is 0 Å². The SMILES string of the molecule is Cc1cc(C(F)(F)F)cc(I)c1F. The van der Waals surface area contributed by atoms with E-state index >= 15 is 0 Å². The first-order chi connectivity index (χ1) is 5.82. The third-order valence-corrected chi connectivity index (χ3v) is 2.32. The molecule has 0 aliphatic rings. The molecule has 0 spiro atoms. The topological polar surface area (TPSA) is 0 Å². The molecular weight excluding hydrogens is 299 g/mol. The van der Waals surface area contributed by atoms with Crippen LogP contribution < -0.4 is 0 Å². The van der Waals surface area contributed by atoms with Crippen molar-refractivity contribution in [1.82, 2.24) is 0 Å². The van der Waals surface area contributed by atoms with Gasteiger partial charge in [-0.25, -0.2) is 4.39 Å². The predicted octanol–water partition coefficient (Wildman–Crippen LogP) is 3.76. The smallest absolute Gasteiger partial charge is 0.206 e. The van der Waals surface area contributed by atoms with E-state index in [0.717, 1.165) is 12.1 Å². The summed E-state index contributed by atoms with van der Waals surface area (Å²) in [4.78, 5) is 0. The molecule has 13 heavy (non-hydrogen) atoms. The van der Waals surface area contributed by atoms with Crippen LogP contribution in [0.15, 0.2) is 12.1 Å². The molecule has 1 rings (SSSR count). The van der Waals surface area contributed by atoms with Crippen LogP contribution in [0.25, 0.3) is 0 Å². The van der Waals surface area contributed by atoms with Crippen molar-refractivity contribution in [2.24, 2.45) is 0 Å². The number of alkyl halides is 3. The Morgan fingerprint density at radius 3 is 2.15 bits per heavy atom. The lowest BCUT2D eigenvalue weighted by Gasteiger charge is -2.08. The third-order valence-electron chi connectivity index (χ3n) is 1.54. The third kappa shape index (κ3) is 2.32. The minimum absolute atomic E-state index is 0.00933. The van der Waals surface area contributed by atoms with Crippen LogP contribution in [0.4, 0.5) is 17.6 Å². The minimum Gasteiger partial charge on any atom is -0.206 e. The molecule has 0 fully saturated rings. The van der Waals surface area contributed by atoms with Crippen molar-refractivity contribution in [3.63, 3.8) is 0 Å². The highest BCUT2D eigenvalue weighted by Crippen LogP contribution is 2.31. The van der Waals surface area contributed by atoms with Crippen LogP contribution >= 0.6 is 22.6 Å². The Morgan fingerprint density at radius 1 is 1.23 bits per heavy atom. The van der Waals surface area contributed by atoms with Gasteiger partial charge in [-0.3, -0.25) is 0 Å². The zero-order chi connectivity index (χ0) is 10.2. The second-order valence-corrected chi connectivity index (χ2v) is 3.75. The standard InChI is InChI=1S/C8H5F4I/c1-4-2-5(8(10,11)12)3-6(13)7(4)9/h2-3H,1H3. The highest BCUT2D eigenvalue weighted by molar-refractivity contribution is 14.1. The van der Waals surface area contributed by atoms with E-state index in [-0.39, 0.29) is 9.13 Å². The lowest BCUT2D eigenvalue weighted by molar-refractivity contribution is -0.137. The van der Waals surface area contributed by atoms with E-state index in [1.807, 2.05) is 0 Å². The normalized spacial score (nSPS) is 11.8. The first-order valence-corrected chi connectivity index (χ1v) is 4.43. The number of rotatable bonds is 0. The van der Waals surface area contributed by atoms with Crippen molar-refractivity contribution in [3.05, 3.63) is 32.6 Å².